The van der Waals surface area contributed by atoms with Crippen molar-refractivity contribution in [3.05, 3.63) is 53.6 Å². The molecule has 4 rings (SSSR count). The molecule has 2 aliphatic rings. The highest BCUT2D eigenvalue weighted by molar-refractivity contribution is 6.27. The zero-order chi connectivity index (χ0) is 15.1. The van der Waals surface area contributed by atoms with Crippen molar-refractivity contribution in [2.45, 2.75) is 0 Å². The maximum Gasteiger partial charge on any atom is 0.339 e. The molecular formula is C17H13NO4. The van der Waals surface area contributed by atoms with E-state index in [1.807, 2.05) is 30.3 Å². The van der Waals surface area contributed by atoms with E-state index in [0.717, 1.165) is 16.7 Å². The second-order valence-electron chi connectivity index (χ2n) is 5.12. The molecule has 0 atom stereocenters. The van der Waals surface area contributed by atoms with Crippen molar-refractivity contribution in [3.8, 4) is 11.5 Å². The molecule has 110 valence electrons. The van der Waals surface area contributed by atoms with Gasteiger partial charge in [-0.2, -0.15) is 0 Å². The average Bonchev–Trinajstić information content (AvgIpc) is 3.14. The topological polar surface area (TPSA) is 70.8 Å². The number of carbonyl (C=O) groups is 1. The lowest BCUT2D eigenvalue weighted by Crippen LogP contribution is -1.98. The Bertz CT molecular complexity index is 793. The maximum atomic E-state index is 12.1. The standard InChI is InChI=1S/C17H13NO4/c18-12-4-1-10(2-5-12)16-13(8-20-17(16)19)11-3-6-14-15(7-11)22-9-21-14/h1-7H,8-9,18H2. The van der Waals surface area contributed by atoms with Crippen LogP contribution in [0.2, 0.25) is 0 Å². The zero-order valence-electron chi connectivity index (χ0n) is 11.7. The second kappa shape index (κ2) is 4.80. The first-order valence-corrected chi connectivity index (χ1v) is 6.88. The smallest absolute Gasteiger partial charge is 0.339 e. The van der Waals surface area contributed by atoms with Crippen LogP contribution in [-0.2, 0) is 9.53 Å². The molecule has 0 amide bonds. The van der Waals surface area contributed by atoms with E-state index >= 15 is 0 Å². The van der Waals surface area contributed by atoms with Crippen LogP contribution in [0, 0.1) is 0 Å². The monoisotopic (exact) mass is 295 g/mol. The van der Waals surface area contributed by atoms with Crippen molar-refractivity contribution in [2.75, 3.05) is 19.1 Å². The molecule has 0 saturated carbocycles. The largest absolute Gasteiger partial charge is 0.457 e. The van der Waals surface area contributed by atoms with Crippen LogP contribution in [0.5, 0.6) is 11.5 Å². The van der Waals surface area contributed by atoms with E-state index in [2.05, 4.69) is 0 Å². The number of esters is 1. The van der Waals surface area contributed by atoms with Crippen molar-refractivity contribution in [1.82, 2.24) is 0 Å². The highest BCUT2D eigenvalue weighted by Gasteiger charge is 2.28. The zero-order valence-corrected chi connectivity index (χ0v) is 11.7. The minimum Gasteiger partial charge on any atom is -0.457 e. The van der Waals surface area contributed by atoms with Crippen LogP contribution in [0.25, 0.3) is 11.1 Å². The van der Waals surface area contributed by atoms with E-state index in [-0.39, 0.29) is 19.4 Å². The minimum absolute atomic E-state index is 0.220. The van der Waals surface area contributed by atoms with Gasteiger partial charge in [-0.1, -0.05) is 18.2 Å². The summed E-state index contributed by atoms with van der Waals surface area (Å²) in [6.45, 7) is 0.469. The van der Waals surface area contributed by atoms with Gasteiger partial charge in [0.15, 0.2) is 11.5 Å². The van der Waals surface area contributed by atoms with Gasteiger partial charge in [0.25, 0.3) is 0 Å². The van der Waals surface area contributed by atoms with Gasteiger partial charge in [-0.05, 0) is 35.4 Å². The Labute approximate surface area is 126 Å². The van der Waals surface area contributed by atoms with E-state index in [4.69, 9.17) is 19.9 Å². The van der Waals surface area contributed by atoms with Gasteiger partial charge in [0.1, 0.15) is 6.61 Å². The number of carbonyl (C=O) groups excluding carboxylic acids is 1. The van der Waals surface area contributed by atoms with Gasteiger partial charge >= 0.3 is 5.97 Å². The first kappa shape index (κ1) is 12.8. The van der Waals surface area contributed by atoms with Crippen LogP contribution in [0.3, 0.4) is 0 Å². The molecule has 22 heavy (non-hydrogen) atoms. The van der Waals surface area contributed by atoms with E-state index < -0.39 is 0 Å². The summed E-state index contributed by atoms with van der Waals surface area (Å²) in [6, 6.07) is 12.8. The van der Waals surface area contributed by atoms with E-state index in [9.17, 15) is 4.79 Å². The van der Waals surface area contributed by atoms with Crippen LogP contribution < -0.4 is 15.2 Å². The third-order valence-corrected chi connectivity index (χ3v) is 3.77. The van der Waals surface area contributed by atoms with E-state index in [1.165, 1.54) is 0 Å². The predicted octanol–water partition coefficient (Wildman–Crippen LogP) is 2.47. The van der Waals surface area contributed by atoms with Crippen molar-refractivity contribution in [1.29, 1.82) is 0 Å². The van der Waals surface area contributed by atoms with Crippen LogP contribution >= 0.6 is 0 Å². The average molecular weight is 295 g/mol. The Morgan fingerprint density at radius 3 is 2.41 bits per heavy atom. The third-order valence-electron chi connectivity index (χ3n) is 3.77. The fourth-order valence-electron chi connectivity index (χ4n) is 2.66. The maximum absolute atomic E-state index is 12.1. The Kier molecular flexibility index (Phi) is 2.79. The van der Waals surface area contributed by atoms with Gasteiger partial charge in [0.2, 0.25) is 6.79 Å². The van der Waals surface area contributed by atoms with Gasteiger partial charge in [-0.15, -0.1) is 0 Å². The molecule has 2 heterocycles. The molecular weight excluding hydrogens is 282 g/mol. The lowest BCUT2D eigenvalue weighted by atomic mass is 9.96. The molecule has 0 spiro atoms. The first-order valence-electron chi connectivity index (χ1n) is 6.88. The van der Waals surface area contributed by atoms with E-state index in [0.29, 0.717) is 22.8 Å². The number of fused-ring (bicyclic) bond motifs is 1. The van der Waals surface area contributed by atoms with E-state index in [1.54, 1.807) is 12.1 Å². The number of hydrogen-bond acceptors (Lipinski definition) is 5. The lowest BCUT2D eigenvalue weighted by Gasteiger charge is -2.06. The van der Waals surface area contributed by atoms with Crippen LogP contribution in [-0.4, -0.2) is 19.4 Å². The number of benzene rings is 2. The fourth-order valence-corrected chi connectivity index (χ4v) is 2.66. The van der Waals surface area contributed by atoms with Crippen molar-refractivity contribution in [3.63, 3.8) is 0 Å². The molecule has 0 unspecified atom stereocenters. The number of rotatable bonds is 2. The summed E-state index contributed by atoms with van der Waals surface area (Å²) in [5.74, 6) is 1.07. The fraction of sp³-hybridized carbons (Fsp3) is 0.118. The van der Waals surface area contributed by atoms with Gasteiger partial charge < -0.3 is 19.9 Å². The SMILES string of the molecule is Nc1ccc(C2=C(c3ccc4c(c3)OCO4)COC2=O)cc1. The highest BCUT2D eigenvalue weighted by atomic mass is 16.7. The Hall–Kier alpha value is -2.95. The van der Waals surface area contributed by atoms with Crippen LogP contribution in [0.1, 0.15) is 11.1 Å². The summed E-state index contributed by atoms with van der Waals surface area (Å²) in [5, 5.41) is 0. The summed E-state index contributed by atoms with van der Waals surface area (Å²) in [7, 11) is 0. The van der Waals surface area contributed by atoms with Gasteiger partial charge in [0, 0.05) is 11.3 Å². The summed E-state index contributed by atoms with van der Waals surface area (Å²) in [4.78, 5) is 12.1. The molecule has 0 fully saturated rings. The molecule has 0 saturated heterocycles. The normalized spacial score (nSPS) is 16.1. The lowest BCUT2D eigenvalue weighted by molar-refractivity contribution is -0.133. The quantitative estimate of drug-likeness (QED) is 0.680. The molecule has 0 radical (unpaired) electrons. The Morgan fingerprint density at radius 1 is 0.864 bits per heavy atom. The number of ether oxygens (including phenoxy) is 3. The Morgan fingerprint density at radius 2 is 1.59 bits per heavy atom. The summed E-state index contributed by atoms with van der Waals surface area (Å²) in [6.07, 6.45) is 0. The molecule has 5 nitrogen and oxygen atoms in total. The molecule has 0 aromatic heterocycles. The second-order valence-corrected chi connectivity index (χ2v) is 5.12. The molecule has 2 aliphatic heterocycles. The van der Waals surface area contributed by atoms with Crippen molar-refractivity contribution in [2.24, 2.45) is 0 Å². The van der Waals surface area contributed by atoms with Crippen LogP contribution in [0.4, 0.5) is 5.69 Å². The number of cyclic esters (lactones) is 1. The summed E-state index contributed by atoms with van der Waals surface area (Å²) in [5.41, 5.74) is 9.45. The summed E-state index contributed by atoms with van der Waals surface area (Å²) >= 11 is 0. The molecule has 5 heteroatoms. The van der Waals surface area contributed by atoms with Gasteiger partial charge in [-0.25, -0.2) is 4.79 Å². The highest BCUT2D eigenvalue weighted by Crippen LogP contribution is 2.38. The van der Waals surface area contributed by atoms with Gasteiger partial charge in [-0.3, -0.25) is 0 Å². The Balaban J connectivity index is 1.83. The minimum atomic E-state index is -0.322. The number of nitrogen functional groups attached to an aromatic ring is 1. The first-order chi connectivity index (χ1) is 10.7. The molecule has 2 aromatic rings. The predicted molar refractivity (Wildman–Crippen MR) is 81.2 cm³/mol. The molecule has 0 bridgehead atoms. The molecule has 2 N–H and O–H groups in total. The summed E-state index contributed by atoms with van der Waals surface area (Å²) < 4.78 is 15.9. The van der Waals surface area contributed by atoms with Crippen LogP contribution in [0.15, 0.2) is 42.5 Å². The molecule has 0 aliphatic carbocycles. The number of nitrogens with two attached hydrogens (primary N) is 1. The number of hydrogen-bond donors (Lipinski definition) is 1. The number of anilines is 1. The van der Waals surface area contributed by atoms with Gasteiger partial charge in [0.05, 0.1) is 5.57 Å². The molecule has 2 aromatic carbocycles. The van der Waals surface area contributed by atoms with Crippen molar-refractivity contribution >= 4 is 22.8 Å². The third kappa shape index (κ3) is 1.98. The van der Waals surface area contributed by atoms with Crippen molar-refractivity contribution < 1.29 is 19.0 Å².